The van der Waals surface area contributed by atoms with Gasteiger partial charge in [-0.25, -0.2) is 0 Å². The summed E-state index contributed by atoms with van der Waals surface area (Å²) < 4.78 is 0. The van der Waals surface area contributed by atoms with Crippen molar-refractivity contribution >= 4 is 6.41 Å². The molecule has 0 aliphatic rings. The molecule has 1 unspecified atom stereocenters. The Kier molecular flexibility index (Phi) is 4.94. The molecule has 0 saturated heterocycles. The van der Waals surface area contributed by atoms with Gasteiger partial charge in [-0.1, -0.05) is 13.8 Å². The molecule has 0 aromatic heterocycles. The smallest absolute Gasteiger partial charge is 0.310 e. The van der Waals surface area contributed by atoms with Crippen molar-refractivity contribution in [3.63, 3.8) is 0 Å². The van der Waals surface area contributed by atoms with Crippen molar-refractivity contribution in [2.75, 3.05) is 13.1 Å². The first kappa shape index (κ1) is 9.43. The normalized spacial score (nSPS) is 13.2. The molecular weight excluding hydrogens is 128 g/mol. The zero-order chi connectivity index (χ0) is 7.98. The third-order valence-corrected chi connectivity index (χ3v) is 1.63. The second-order valence-electron chi connectivity index (χ2n) is 2.14. The summed E-state index contributed by atoms with van der Waals surface area (Å²) in [5.41, 5.74) is 0. The van der Waals surface area contributed by atoms with Crippen molar-refractivity contribution in [2.24, 2.45) is 0 Å². The van der Waals surface area contributed by atoms with Gasteiger partial charge in [0.15, 0.2) is 0 Å². The molecule has 3 heteroatoms. The predicted octanol–water partition coefficient (Wildman–Crippen LogP) is 0.331. The van der Waals surface area contributed by atoms with E-state index >= 15 is 0 Å². The number of nitrogens with one attached hydrogen (secondary N) is 1. The van der Waals surface area contributed by atoms with Crippen molar-refractivity contribution < 1.29 is 4.79 Å². The molecule has 0 heterocycles. The van der Waals surface area contributed by atoms with Gasteiger partial charge >= 0.3 is 6.41 Å². The van der Waals surface area contributed by atoms with Gasteiger partial charge in [0.05, 0.1) is 6.17 Å². The lowest BCUT2D eigenvalue weighted by molar-refractivity contribution is 0.216. The van der Waals surface area contributed by atoms with Crippen molar-refractivity contribution in [2.45, 2.75) is 26.9 Å². The molecule has 0 aliphatic heterocycles. The summed E-state index contributed by atoms with van der Waals surface area (Å²) in [4.78, 5) is 12.0. The molecule has 0 rings (SSSR count). The Labute approximate surface area is 62.4 Å². The van der Waals surface area contributed by atoms with Crippen LogP contribution in [0.4, 0.5) is 0 Å². The maximum atomic E-state index is 9.89. The van der Waals surface area contributed by atoms with Crippen LogP contribution in [0, 0.1) is 0 Å². The van der Waals surface area contributed by atoms with Crippen LogP contribution >= 0.6 is 0 Å². The van der Waals surface area contributed by atoms with Gasteiger partial charge in [0.2, 0.25) is 0 Å². The Morgan fingerprint density at radius 2 is 2.00 bits per heavy atom. The number of hydrogen-bond acceptors (Lipinski definition) is 2. The minimum atomic E-state index is 0.104. The van der Waals surface area contributed by atoms with Crippen LogP contribution in [0.25, 0.3) is 0 Å². The highest BCUT2D eigenvalue weighted by Crippen LogP contribution is 1.91. The Balaban J connectivity index is 3.63. The molecule has 1 atom stereocenters. The SMILES string of the molecule is CCN(CC)C(C)N[C]=O. The van der Waals surface area contributed by atoms with E-state index in [1.54, 1.807) is 6.41 Å². The number of carbonyl (C=O) groups excluding carboxylic acids is 1. The lowest BCUT2D eigenvalue weighted by Gasteiger charge is -2.24. The number of amides is 1. The number of rotatable bonds is 5. The lowest BCUT2D eigenvalue weighted by atomic mass is 10.4. The van der Waals surface area contributed by atoms with Gasteiger partial charge in [0.25, 0.3) is 0 Å². The van der Waals surface area contributed by atoms with Crippen LogP contribution in [-0.4, -0.2) is 30.6 Å². The molecule has 3 nitrogen and oxygen atoms in total. The van der Waals surface area contributed by atoms with Crippen molar-refractivity contribution in [3.05, 3.63) is 0 Å². The molecule has 0 bridgehead atoms. The number of hydrogen-bond donors (Lipinski definition) is 1. The fraction of sp³-hybridized carbons (Fsp3) is 0.857. The molecule has 0 aromatic rings. The summed E-state index contributed by atoms with van der Waals surface area (Å²) in [7, 11) is 0. The van der Waals surface area contributed by atoms with Crippen LogP contribution in [0.3, 0.4) is 0 Å². The van der Waals surface area contributed by atoms with E-state index in [1.165, 1.54) is 0 Å². The Bertz CT molecular complexity index is 91.6. The molecule has 10 heavy (non-hydrogen) atoms. The van der Waals surface area contributed by atoms with Crippen LogP contribution in [0.2, 0.25) is 0 Å². The average Bonchev–Trinajstić information content (AvgIpc) is 1.91. The van der Waals surface area contributed by atoms with E-state index in [0.717, 1.165) is 13.1 Å². The van der Waals surface area contributed by atoms with E-state index in [9.17, 15) is 4.79 Å². The van der Waals surface area contributed by atoms with E-state index in [-0.39, 0.29) is 6.17 Å². The minimum absolute atomic E-state index is 0.104. The Morgan fingerprint density at radius 1 is 1.50 bits per heavy atom. The maximum Gasteiger partial charge on any atom is 0.310 e. The monoisotopic (exact) mass is 143 g/mol. The van der Waals surface area contributed by atoms with E-state index < -0.39 is 0 Å². The summed E-state index contributed by atoms with van der Waals surface area (Å²) in [5, 5.41) is 2.57. The zero-order valence-corrected chi connectivity index (χ0v) is 6.85. The number of nitrogens with zero attached hydrogens (tertiary/aromatic N) is 1. The van der Waals surface area contributed by atoms with Crippen LogP contribution < -0.4 is 5.32 Å². The van der Waals surface area contributed by atoms with Gasteiger partial charge in [0, 0.05) is 0 Å². The molecule has 0 fully saturated rings. The summed E-state index contributed by atoms with van der Waals surface area (Å²) in [5.74, 6) is 0. The summed E-state index contributed by atoms with van der Waals surface area (Å²) in [6, 6.07) is 0. The second kappa shape index (κ2) is 5.23. The first-order chi connectivity index (χ1) is 4.76. The van der Waals surface area contributed by atoms with Gasteiger partial charge in [-0.3, -0.25) is 9.69 Å². The third-order valence-electron chi connectivity index (χ3n) is 1.63. The summed E-state index contributed by atoms with van der Waals surface area (Å²) in [6.07, 6.45) is 1.78. The van der Waals surface area contributed by atoms with Crippen molar-refractivity contribution in [3.8, 4) is 0 Å². The van der Waals surface area contributed by atoms with Crippen LogP contribution in [-0.2, 0) is 4.79 Å². The fourth-order valence-corrected chi connectivity index (χ4v) is 0.948. The summed E-state index contributed by atoms with van der Waals surface area (Å²) >= 11 is 0. The minimum Gasteiger partial charge on any atom is -0.333 e. The van der Waals surface area contributed by atoms with Crippen molar-refractivity contribution in [1.29, 1.82) is 0 Å². The molecule has 59 valence electrons. The molecule has 1 amide bonds. The second-order valence-corrected chi connectivity index (χ2v) is 2.14. The molecule has 1 N–H and O–H groups in total. The molecule has 0 spiro atoms. The van der Waals surface area contributed by atoms with Crippen LogP contribution in [0.15, 0.2) is 0 Å². The van der Waals surface area contributed by atoms with Crippen LogP contribution in [0.1, 0.15) is 20.8 Å². The van der Waals surface area contributed by atoms with Crippen LogP contribution in [0.5, 0.6) is 0 Å². The average molecular weight is 143 g/mol. The highest BCUT2D eigenvalue weighted by Gasteiger charge is 2.06. The van der Waals surface area contributed by atoms with E-state index in [4.69, 9.17) is 0 Å². The maximum absolute atomic E-state index is 9.89. The van der Waals surface area contributed by atoms with E-state index in [1.807, 2.05) is 6.92 Å². The van der Waals surface area contributed by atoms with Gasteiger partial charge in [0.1, 0.15) is 0 Å². The van der Waals surface area contributed by atoms with Gasteiger partial charge in [-0.05, 0) is 20.0 Å². The van der Waals surface area contributed by atoms with E-state index in [2.05, 4.69) is 24.1 Å². The molecule has 0 aromatic carbocycles. The molecule has 0 saturated carbocycles. The first-order valence-electron chi connectivity index (χ1n) is 3.63. The first-order valence-corrected chi connectivity index (χ1v) is 3.63. The van der Waals surface area contributed by atoms with Gasteiger partial charge in [-0.2, -0.15) is 0 Å². The zero-order valence-electron chi connectivity index (χ0n) is 6.85. The quantitative estimate of drug-likeness (QED) is 0.444. The topological polar surface area (TPSA) is 32.3 Å². The van der Waals surface area contributed by atoms with E-state index in [0.29, 0.717) is 0 Å². The third kappa shape index (κ3) is 2.82. The standard InChI is InChI=1S/C7H15N2O/c1-4-9(5-2)7(3)8-6-10/h7H,4-5H2,1-3H3,(H,8,10). The highest BCUT2D eigenvalue weighted by molar-refractivity contribution is 5.47. The van der Waals surface area contributed by atoms with Gasteiger partial charge < -0.3 is 5.32 Å². The largest absolute Gasteiger partial charge is 0.333 e. The lowest BCUT2D eigenvalue weighted by Crippen LogP contribution is -2.42. The Hall–Kier alpha value is -0.570. The highest BCUT2D eigenvalue weighted by atomic mass is 16.1. The van der Waals surface area contributed by atoms with Crippen molar-refractivity contribution in [1.82, 2.24) is 10.2 Å². The predicted molar refractivity (Wildman–Crippen MR) is 41.2 cm³/mol. The molecule has 0 aliphatic carbocycles. The Morgan fingerprint density at radius 3 is 2.30 bits per heavy atom. The molecule has 1 radical (unpaired) electrons. The molecular formula is C7H15N2O. The fourth-order valence-electron chi connectivity index (χ4n) is 0.948. The summed E-state index contributed by atoms with van der Waals surface area (Å²) in [6.45, 7) is 7.97. The van der Waals surface area contributed by atoms with Gasteiger partial charge in [-0.15, -0.1) is 0 Å².